The Balaban J connectivity index is 1.58. The third kappa shape index (κ3) is 5.37. The highest BCUT2D eigenvalue weighted by Crippen LogP contribution is 2.22. The maximum absolute atomic E-state index is 12.6. The van der Waals surface area contributed by atoms with Crippen LogP contribution in [0.5, 0.6) is 5.75 Å². The van der Waals surface area contributed by atoms with E-state index in [0.29, 0.717) is 22.9 Å². The Morgan fingerprint density at radius 2 is 1.72 bits per heavy atom. The predicted molar refractivity (Wildman–Crippen MR) is 115 cm³/mol. The third-order valence-corrected chi connectivity index (χ3v) is 5.49. The molecule has 1 aliphatic heterocycles. The number of carbonyl (C=O) groups is 2. The van der Waals surface area contributed by atoms with Gasteiger partial charge in [-0.1, -0.05) is 19.1 Å². The molecule has 0 saturated carbocycles. The lowest BCUT2D eigenvalue weighted by atomic mass is 9.98. The molecule has 154 valence electrons. The minimum atomic E-state index is -0.632. The van der Waals surface area contributed by atoms with Gasteiger partial charge in [-0.25, -0.2) is 0 Å². The van der Waals surface area contributed by atoms with Gasteiger partial charge in [-0.2, -0.15) is 0 Å². The van der Waals surface area contributed by atoms with E-state index in [-0.39, 0.29) is 11.8 Å². The normalized spacial score (nSPS) is 15.7. The molecule has 1 fully saturated rings. The zero-order valence-electron chi connectivity index (χ0n) is 17.7. The van der Waals surface area contributed by atoms with Gasteiger partial charge in [0.05, 0.1) is 0 Å². The summed E-state index contributed by atoms with van der Waals surface area (Å²) in [5, 5.41) is 2.86. The van der Waals surface area contributed by atoms with E-state index in [0.717, 1.165) is 37.1 Å². The molecule has 0 spiro atoms. The summed E-state index contributed by atoms with van der Waals surface area (Å²) in [6.45, 7) is 9.52. The predicted octanol–water partition coefficient (Wildman–Crippen LogP) is 4.58. The van der Waals surface area contributed by atoms with Crippen LogP contribution in [0.3, 0.4) is 0 Å². The Hall–Kier alpha value is -2.82. The number of hydrogen-bond donors (Lipinski definition) is 1. The summed E-state index contributed by atoms with van der Waals surface area (Å²) in [6, 6.07) is 13.0. The van der Waals surface area contributed by atoms with Crippen molar-refractivity contribution in [2.75, 3.05) is 18.4 Å². The number of rotatable bonds is 5. The van der Waals surface area contributed by atoms with Crippen molar-refractivity contribution >= 4 is 17.5 Å². The fourth-order valence-corrected chi connectivity index (χ4v) is 3.41. The molecule has 1 heterocycles. The summed E-state index contributed by atoms with van der Waals surface area (Å²) in [7, 11) is 0. The van der Waals surface area contributed by atoms with E-state index in [4.69, 9.17) is 4.74 Å². The molecule has 2 aromatic rings. The number of aryl methyl sites for hydroxylation is 2. The van der Waals surface area contributed by atoms with Gasteiger partial charge in [0.15, 0.2) is 6.10 Å². The van der Waals surface area contributed by atoms with Gasteiger partial charge in [0, 0.05) is 24.3 Å². The number of piperidine rings is 1. The van der Waals surface area contributed by atoms with Gasteiger partial charge in [-0.15, -0.1) is 0 Å². The van der Waals surface area contributed by atoms with E-state index in [1.807, 2.05) is 36.9 Å². The molecule has 5 heteroatoms. The maximum Gasteiger partial charge on any atom is 0.265 e. The first-order valence-corrected chi connectivity index (χ1v) is 10.3. The van der Waals surface area contributed by atoms with Crippen LogP contribution in [0, 0.1) is 19.8 Å². The second kappa shape index (κ2) is 9.12. The topological polar surface area (TPSA) is 58.6 Å². The molecule has 2 aromatic carbocycles. The molecule has 5 nitrogen and oxygen atoms in total. The quantitative estimate of drug-likeness (QED) is 0.807. The number of benzene rings is 2. The maximum atomic E-state index is 12.6. The monoisotopic (exact) mass is 394 g/mol. The molecule has 1 saturated heterocycles. The van der Waals surface area contributed by atoms with Crippen LogP contribution in [0.15, 0.2) is 42.5 Å². The summed E-state index contributed by atoms with van der Waals surface area (Å²) in [6.07, 6.45) is 1.48. The first-order valence-electron chi connectivity index (χ1n) is 10.3. The summed E-state index contributed by atoms with van der Waals surface area (Å²) in [5.41, 5.74) is 3.37. The standard InChI is InChI=1S/C24H30N2O3/c1-16-11-13-26(14-12-16)24(28)20-7-9-21(10-8-20)25-23(27)19(4)29-22-15-17(2)5-6-18(22)3/h5-10,15-16,19H,11-14H2,1-4H3,(H,25,27). The van der Waals surface area contributed by atoms with Crippen molar-refractivity contribution < 1.29 is 14.3 Å². The van der Waals surface area contributed by atoms with Crippen molar-refractivity contribution in [3.63, 3.8) is 0 Å². The Kier molecular flexibility index (Phi) is 6.57. The molecule has 0 aliphatic carbocycles. The van der Waals surface area contributed by atoms with Crippen LogP contribution in [-0.2, 0) is 4.79 Å². The number of nitrogens with one attached hydrogen (secondary N) is 1. The largest absolute Gasteiger partial charge is 0.481 e. The Bertz CT molecular complexity index is 868. The zero-order valence-corrected chi connectivity index (χ0v) is 17.7. The van der Waals surface area contributed by atoms with Crippen LogP contribution in [0.2, 0.25) is 0 Å². The number of likely N-dealkylation sites (tertiary alicyclic amines) is 1. The average molecular weight is 395 g/mol. The zero-order chi connectivity index (χ0) is 21.0. The van der Waals surface area contributed by atoms with E-state index in [1.54, 1.807) is 31.2 Å². The van der Waals surface area contributed by atoms with E-state index < -0.39 is 6.10 Å². The molecule has 1 unspecified atom stereocenters. The van der Waals surface area contributed by atoms with Gasteiger partial charge in [0.2, 0.25) is 0 Å². The number of anilines is 1. The van der Waals surface area contributed by atoms with Gasteiger partial charge in [0.25, 0.3) is 11.8 Å². The van der Waals surface area contributed by atoms with Crippen molar-refractivity contribution in [2.24, 2.45) is 5.92 Å². The van der Waals surface area contributed by atoms with E-state index >= 15 is 0 Å². The number of hydrogen-bond acceptors (Lipinski definition) is 3. The molecule has 0 aromatic heterocycles. The minimum Gasteiger partial charge on any atom is -0.481 e. The molecule has 0 radical (unpaired) electrons. The van der Waals surface area contributed by atoms with Crippen LogP contribution >= 0.6 is 0 Å². The van der Waals surface area contributed by atoms with E-state index in [9.17, 15) is 9.59 Å². The van der Waals surface area contributed by atoms with Crippen LogP contribution in [0.4, 0.5) is 5.69 Å². The van der Waals surface area contributed by atoms with E-state index in [1.165, 1.54) is 0 Å². The lowest BCUT2D eigenvalue weighted by molar-refractivity contribution is -0.122. The van der Waals surface area contributed by atoms with Crippen LogP contribution in [-0.4, -0.2) is 35.9 Å². The second-order valence-corrected chi connectivity index (χ2v) is 8.07. The molecule has 3 rings (SSSR count). The summed E-state index contributed by atoms with van der Waals surface area (Å²) < 4.78 is 5.84. The highest BCUT2D eigenvalue weighted by Gasteiger charge is 2.21. The SMILES string of the molecule is Cc1ccc(C)c(OC(C)C(=O)Nc2ccc(C(=O)N3CCC(C)CC3)cc2)c1. The first kappa shape index (κ1) is 20.9. The van der Waals surface area contributed by atoms with Crippen molar-refractivity contribution in [1.82, 2.24) is 4.90 Å². The van der Waals surface area contributed by atoms with Crippen molar-refractivity contribution in [2.45, 2.75) is 46.6 Å². The number of carbonyl (C=O) groups excluding carboxylic acids is 2. The first-order chi connectivity index (χ1) is 13.8. The van der Waals surface area contributed by atoms with Gasteiger partial charge in [-0.3, -0.25) is 9.59 Å². The van der Waals surface area contributed by atoms with Crippen LogP contribution in [0.1, 0.15) is 48.2 Å². The Morgan fingerprint density at radius 1 is 1.07 bits per heavy atom. The Labute approximate surface area is 173 Å². The lowest BCUT2D eigenvalue weighted by Crippen LogP contribution is -2.37. The summed E-state index contributed by atoms with van der Waals surface area (Å²) in [4.78, 5) is 27.0. The second-order valence-electron chi connectivity index (χ2n) is 8.07. The van der Waals surface area contributed by atoms with Gasteiger partial charge in [-0.05, 0) is 81.0 Å². The smallest absolute Gasteiger partial charge is 0.265 e. The average Bonchev–Trinajstić information content (AvgIpc) is 2.71. The third-order valence-electron chi connectivity index (χ3n) is 5.49. The Morgan fingerprint density at radius 3 is 2.38 bits per heavy atom. The molecule has 1 aliphatic rings. The highest BCUT2D eigenvalue weighted by atomic mass is 16.5. The van der Waals surface area contributed by atoms with Crippen LogP contribution in [0.25, 0.3) is 0 Å². The molecule has 29 heavy (non-hydrogen) atoms. The fourth-order valence-electron chi connectivity index (χ4n) is 3.41. The van der Waals surface area contributed by atoms with E-state index in [2.05, 4.69) is 12.2 Å². The number of nitrogens with zero attached hydrogens (tertiary/aromatic N) is 1. The summed E-state index contributed by atoms with van der Waals surface area (Å²) >= 11 is 0. The van der Waals surface area contributed by atoms with Crippen molar-refractivity contribution in [1.29, 1.82) is 0 Å². The fraction of sp³-hybridized carbons (Fsp3) is 0.417. The number of amides is 2. The molecule has 0 bridgehead atoms. The minimum absolute atomic E-state index is 0.0569. The van der Waals surface area contributed by atoms with Gasteiger partial charge >= 0.3 is 0 Å². The van der Waals surface area contributed by atoms with Crippen LogP contribution < -0.4 is 10.1 Å². The van der Waals surface area contributed by atoms with Crippen molar-refractivity contribution in [3.05, 3.63) is 59.2 Å². The van der Waals surface area contributed by atoms with Gasteiger partial charge < -0.3 is 15.0 Å². The van der Waals surface area contributed by atoms with Gasteiger partial charge in [0.1, 0.15) is 5.75 Å². The van der Waals surface area contributed by atoms with Crippen molar-refractivity contribution in [3.8, 4) is 5.75 Å². The molecule has 2 amide bonds. The highest BCUT2D eigenvalue weighted by molar-refractivity contribution is 5.97. The molecule has 1 atom stereocenters. The lowest BCUT2D eigenvalue weighted by Gasteiger charge is -2.30. The molecule has 1 N–H and O–H groups in total. The molecular weight excluding hydrogens is 364 g/mol. The summed E-state index contributed by atoms with van der Waals surface area (Å²) in [5.74, 6) is 1.23. The molecular formula is C24H30N2O3. The number of ether oxygens (including phenoxy) is 1.